The third-order valence-corrected chi connectivity index (χ3v) is 15.1. The first-order chi connectivity index (χ1) is 36.1. The molecule has 9 heteroatoms. The van der Waals surface area contributed by atoms with Crippen LogP contribution in [0.15, 0.2) is 0 Å². The van der Waals surface area contributed by atoms with Crippen molar-refractivity contribution < 1.29 is 42.9 Å². The SMILES string of the molecule is CCCCCCCCCCCCCCCCCCCCCCCCCCCCCCCCCCCCCCCCCCC(=O)OC(COC(=O)CCCCCCCCCCC)COC(OCC[N+](C)(C)C)C(=O)[O-]. The number of esters is 2. The zero-order chi connectivity index (χ0) is 54.1. The number of unbranched alkanes of at least 4 members (excludes halogenated alkanes) is 47. The number of carbonyl (C=O) groups excluding carboxylic acids is 3. The maximum atomic E-state index is 12.8. The molecule has 0 aromatic carbocycles. The molecule has 0 saturated carbocycles. The van der Waals surface area contributed by atoms with Crippen LogP contribution in [0.5, 0.6) is 0 Å². The summed E-state index contributed by atoms with van der Waals surface area (Å²) in [6, 6.07) is 0. The summed E-state index contributed by atoms with van der Waals surface area (Å²) in [6.07, 6.45) is 63.8. The van der Waals surface area contributed by atoms with E-state index in [9.17, 15) is 19.5 Å². The largest absolute Gasteiger partial charge is 0.545 e. The van der Waals surface area contributed by atoms with E-state index in [2.05, 4.69) is 13.8 Å². The summed E-state index contributed by atoms with van der Waals surface area (Å²) in [7, 11) is 5.93. The van der Waals surface area contributed by atoms with E-state index in [1.54, 1.807) is 0 Å². The molecule has 440 valence electrons. The van der Waals surface area contributed by atoms with Crippen molar-refractivity contribution >= 4 is 17.9 Å². The predicted octanol–water partition coefficient (Wildman–Crippen LogP) is 18.2. The first-order valence-corrected chi connectivity index (χ1v) is 32.7. The number of carbonyl (C=O) groups is 3. The van der Waals surface area contributed by atoms with Crippen molar-refractivity contribution in [2.24, 2.45) is 0 Å². The fraction of sp³-hybridized carbons (Fsp3) is 0.954. The normalized spacial score (nSPS) is 12.6. The number of quaternary nitrogens is 1. The van der Waals surface area contributed by atoms with E-state index in [0.29, 0.717) is 17.4 Å². The Balaban J connectivity index is 3.78. The summed E-state index contributed by atoms with van der Waals surface area (Å²) < 4.78 is 22.6. The predicted molar refractivity (Wildman–Crippen MR) is 311 cm³/mol. The van der Waals surface area contributed by atoms with Crippen molar-refractivity contribution in [3.63, 3.8) is 0 Å². The molecule has 0 fully saturated rings. The molecule has 0 aliphatic rings. The van der Waals surface area contributed by atoms with E-state index in [0.717, 1.165) is 38.5 Å². The fourth-order valence-corrected chi connectivity index (χ4v) is 10.1. The molecule has 0 spiro atoms. The molecule has 0 aliphatic carbocycles. The molecule has 9 nitrogen and oxygen atoms in total. The van der Waals surface area contributed by atoms with Crippen molar-refractivity contribution in [2.75, 3.05) is 47.5 Å². The van der Waals surface area contributed by atoms with Crippen LogP contribution >= 0.6 is 0 Å². The second kappa shape index (κ2) is 57.5. The Labute approximate surface area is 460 Å². The highest BCUT2D eigenvalue weighted by atomic mass is 16.7. The number of nitrogens with zero attached hydrogens (tertiary/aromatic N) is 1. The summed E-state index contributed by atoms with van der Waals surface area (Å²) >= 11 is 0. The minimum atomic E-state index is -1.61. The van der Waals surface area contributed by atoms with E-state index < -0.39 is 24.3 Å². The third-order valence-electron chi connectivity index (χ3n) is 15.1. The van der Waals surface area contributed by atoms with Crippen molar-refractivity contribution in [3.8, 4) is 0 Å². The fourth-order valence-electron chi connectivity index (χ4n) is 10.1. The summed E-state index contributed by atoms with van der Waals surface area (Å²) in [6.45, 7) is 4.78. The van der Waals surface area contributed by atoms with Gasteiger partial charge in [0.1, 0.15) is 13.2 Å². The lowest BCUT2D eigenvalue weighted by Crippen LogP contribution is -2.44. The minimum Gasteiger partial charge on any atom is -0.545 e. The summed E-state index contributed by atoms with van der Waals surface area (Å²) in [4.78, 5) is 37.1. The summed E-state index contributed by atoms with van der Waals surface area (Å²) in [5, 5.41) is 11.7. The molecule has 0 aromatic rings. The van der Waals surface area contributed by atoms with Gasteiger partial charge in [0.05, 0.1) is 40.3 Å². The molecule has 0 bridgehead atoms. The molecule has 0 radical (unpaired) electrons. The second-order valence-corrected chi connectivity index (χ2v) is 23.8. The molecule has 74 heavy (non-hydrogen) atoms. The smallest absolute Gasteiger partial charge is 0.306 e. The Hall–Kier alpha value is -1.71. The van der Waals surface area contributed by atoms with E-state index in [4.69, 9.17) is 18.9 Å². The Bertz CT molecular complexity index is 1180. The number of hydrogen-bond donors (Lipinski definition) is 0. The summed E-state index contributed by atoms with van der Waals surface area (Å²) in [5.41, 5.74) is 0. The van der Waals surface area contributed by atoms with Gasteiger partial charge in [0.2, 0.25) is 0 Å². The lowest BCUT2D eigenvalue weighted by Gasteiger charge is -2.26. The molecular weight excluding hydrogens is 923 g/mol. The van der Waals surface area contributed by atoms with E-state index in [-0.39, 0.29) is 32.2 Å². The van der Waals surface area contributed by atoms with Gasteiger partial charge in [-0.1, -0.05) is 316 Å². The van der Waals surface area contributed by atoms with Crippen LogP contribution in [0.3, 0.4) is 0 Å². The zero-order valence-electron chi connectivity index (χ0n) is 50.3. The molecule has 2 atom stereocenters. The van der Waals surface area contributed by atoms with Gasteiger partial charge in [0, 0.05) is 12.8 Å². The number of carboxylic acids is 1. The lowest BCUT2D eigenvalue weighted by molar-refractivity contribution is -0.870. The molecule has 0 heterocycles. The lowest BCUT2D eigenvalue weighted by atomic mass is 10.0. The van der Waals surface area contributed by atoms with Gasteiger partial charge in [0.25, 0.3) is 0 Å². The monoisotopic (exact) mass is 1050 g/mol. The summed E-state index contributed by atoms with van der Waals surface area (Å²) in [5.74, 6) is -2.26. The Kier molecular flexibility index (Phi) is 56.1. The number of rotatable bonds is 62. The van der Waals surface area contributed by atoms with Crippen LogP contribution in [0.25, 0.3) is 0 Å². The first kappa shape index (κ1) is 72.3. The highest BCUT2D eigenvalue weighted by molar-refractivity contribution is 5.70. The van der Waals surface area contributed by atoms with Gasteiger partial charge in [-0.25, -0.2) is 0 Å². The Morgan fingerprint density at radius 3 is 0.865 bits per heavy atom. The first-order valence-electron chi connectivity index (χ1n) is 32.7. The number of carboxylic acid groups (broad SMARTS) is 1. The van der Waals surface area contributed by atoms with Gasteiger partial charge < -0.3 is 33.3 Å². The molecule has 0 amide bonds. The van der Waals surface area contributed by atoms with Crippen molar-refractivity contribution in [3.05, 3.63) is 0 Å². The van der Waals surface area contributed by atoms with Gasteiger partial charge in [0.15, 0.2) is 12.4 Å². The minimum absolute atomic E-state index is 0.153. The van der Waals surface area contributed by atoms with Gasteiger partial charge in [-0.15, -0.1) is 0 Å². The molecule has 0 aromatic heterocycles. The maximum Gasteiger partial charge on any atom is 0.306 e. The number of ether oxygens (including phenoxy) is 4. The zero-order valence-corrected chi connectivity index (χ0v) is 50.3. The Morgan fingerprint density at radius 1 is 0.351 bits per heavy atom. The quantitative estimate of drug-likeness (QED) is 0.0256. The highest BCUT2D eigenvalue weighted by Gasteiger charge is 2.22. The second-order valence-electron chi connectivity index (χ2n) is 23.8. The van der Waals surface area contributed by atoms with E-state index in [1.165, 1.54) is 276 Å². The molecule has 0 rings (SSSR count). The van der Waals surface area contributed by atoms with E-state index >= 15 is 0 Å². The van der Waals surface area contributed by atoms with Crippen LogP contribution in [0.4, 0.5) is 0 Å². The average Bonchev–Trinajstić information content (AvgIpc) is 3.37. The van der Waals surface area contributed by atoms with Gasteiger partial charge >= 0.3 is 11.9 Å². The van der Waals surface area contributed by atoms with Crippen molar-refractivity contribution in [1.82, 2.24) is 0 Å². The standard InChI is InChI=1S/C65H127NO8/c1-6-8-10-12-14-16-17-18-19-20-21-22-23-24-25-26-27-28-29-30-31-32-33-34-35-36-37-38-39-40-41-42-43-44-45-46-48-50-52-54-56-63(68)74-61(60-73-65(64(69)70)71-58-57-66(3,4)5)59-72-62(67)55-53-51-49-47-15-13-11-9-7-2/h61,65H,6-60H2,1-5H3. The van der Waals surface area contributed by atoms with Gasteiger partial charge in [-0.2, -0.15) is 0 Å². The van der Waals surface area contributed by atoms with Crippen molar-refractivity contribution in [1.29, 1.82) is 0 Å². The van der Waals surface area contributed by atoms with Crippen LogP contribution in [0, 0.1) is 0 Å². The van der Waals surface area contributed by atoms with Crippen LogP contribution in [0.2, 0.25) is 0 Å². The molecule has 0 N–H and O–H groups in total. The van der Waals surface area contributed by atoms with Gasteiger partial charge in [-0.3, -0.25) is 9.59 Å². The average molecular weight is 1050 g/mol. The van der Waals surface area contributed by atoms with Crippen molar-refractivity contribution in [2.45, 2.75) is 354 Å². The number of hydrogen-bond acceptors (Lipinski definition) is 8. The molecule has 0 aliphatic heterocycles. The number of aliphatic carboxylic acids is 1. The van der Waals surface area contributed by atoms with Crippen LogP contribution in [-0.2, 0) is 33.3 Å². The molecule has 0 saturated heterocycles. The topological polar surface area (TPSA) is 111 Å². The maximum absolute atomic E-state index is 12.8. The van der Waals surface area contributed by atoms with Crippen LogP contribution in [-0.4, -0.2) is 82.3 Å². The molecule has 2 unspecified atom stereocenters. The van der Waals surface area contributed by atoms with Crippen LogP contribution in [0.1, 0.15) is 341 Å². The Morgan fingerprint density at radius 2 is 0.608 bits per heavy atom. The van der Waals surface area contributed by atoms with Crippen LogP contribution < -0.4 is 5.11 Å². The third kappa shape index (κ3) is 58.0. The van der Waals surface area contributed by atoms with Gasteiger partial charge in [-0.05, 0) is 12.8 Å². The highest BCUT2D eigenvalue weighted by Crippen LogP contribution is 2.19. The molecular formula is C65H127NO8. The van der Waals surface area contributed by atoms with E-state index in [1.807, 2.05) is 21.1 Å². The number of likely N-dealkylation sites (N-methyl/N-ethyl adjacent to an activating group) is 1.